The van der Waals surface area contributed by atoms with E-state index in [0.29, 0.717) is 19.4 Å². The number of rotatable bonds is 10. The third-order valence-corrected chi connectivity index (χ3v) is 9.56. The van der Waals surface area contributed by atoms with Crippen LogP contribution >= 0.6 is 0 Å². The predicted molar refractivity (Wildman–Crippen MR) is 141 cm³/mol. The highest BCUT2D eigenvalue weighted by molar-refractivity contribution is 5.98. The van der Waals surface area contributed by atoms with Crippen LogP contribution < -0.4 is 20.1 Å². The first-order valence-electron chi connectivity index (χ1n) is 14.2. The van der Waals surface area contributed by atoms with Crippen molar-refractivity contribution in [1.82, 2.24) is 10.6 Å². The average Bonchev–Trinajstić information content (AvgIpc) is 3.54. The number of hydrogen-bond donors (Lipinski definition) is 4. The van der Waals surface area contributed by atoms with Crippen LogP contribution in [-0.2, 0) is 14.3 Å². The van der Waals surface area contributed by atoms with Gasteiger partial charge in [0.2, 0.25) is 5.91 Å². The van der Waals surface area contributed by atoms with Gasteiger partial charge >= 0.3 is 5.97 Å². The molecule has 2 saturated carbocycles. The molecule has 10 nitrogen and oxygen atoms in total. The number of amides is 2. The van der Waals surface area contributed by atoms with E-state index in [4.69, 9.17) is 14.2 Å². The molecule has 1 aromatic carbocycles. The Labute approximate surface area is 232 Å². The Morgan fingerprint density at radius 3 is 2.38 bits per heavy atom. The highest BCUT2D eigenvalue weighted by Crippen LogP contribution is 2.42. The first-order chi connectivity index (χ1) is 19.1. The summed E-state index contributed by atoms with van der Waals surface area (Å²) in [7, 11) is 1.34. The van der Waals surface area contributed by atoms with Crippen molar-refractivity contribution >= 4 is 17.8 Å². The summed E-state index contributed by atoms with van der Waals surface area (Å²) in [5.74, 6) is -3.06. The van der Waals surface area contributed by atoms with E-state index in [1.54, 1.807) is 0 Å². The third kappa shape index (κ3) is 5.37. The average molecular weight is 563 g/mol. The van der Waals surface area contributed by atoms with Gasteiger partial charge in [-0.15, -0.1) is 0 Å². The summed E-state index contributed by atoms with van der Waals surface area (Å²) in [4.78, 5) is 38.3. The monoisotopic (exact) mass is 562 g/mol. The van der Waals surface area contributed by atoms with Gasteiger partial charge in [0.1, 0.15) is 5.75 Å². The molecule has 2 heterocycles. The SMILES string of the molecule is COc1cc(F)c(OC2CCC(CO)(C(=O)O)CC2)cc1C(=O)N[C@H]1[C@@H](C(=O)NCC2(C)CCC2)[C@H]2CC[C@@H]1O2. The van der Waals surface area contributed by atoms with E-state index in [1.165, 1.54) is 19.6 Å². The Kier molecular flexibility index (Phi) is 7.98. The van der Waals surface area contributed by atoms with Crippen molar-refractivity contribution in [1.29, 1.82) is 0 Å². The lowest BCUT2D eigenvalue weighted by Crippen LogP contribution is -2.53. The number of ether oxygens (including phenoxy) is 3. The molecule has 2 amide bonds. The molecule has 5 rings (SSSR count). The van der Waals surface area contributed by atoms with E-state index in [9.17, 15) is 29.0 Å². The number of carboxylic acids is 1. The number of aliphatic hydroxyl groups is 1. The molecule has 4 fully saturated rings. The molecule has 220 valence electrons. The van der Waals surface area contributed by atoms with Gasteiger partial charge < -0.3 is 35.1 Å². The number of fused-ring (bicyclic) bond motifs is 2. The molecule has 11 heteroatoms. The fraction of sp³-hybridized carbons (Fsp3) is 0.690. The molecule has 0 aromatic heterocycles. The minimum Gasteiger partial charge on any atom is -0.496 e. The van der Waals surface area contributed by atoms with Gasteiger partial charge in [-0.1, -0.05) is 13.3 Å². The number of carboxylic acid groups (broad SMARTS) is 1. The quantitative estimate of drug-likeness (QED) is 0.341. The van der Waals surface area contributed by atoms with E-state index >= 15 is 0 Å². The fourth-order valence-electron chi connectivity index (χ4n) is 6.65. The van der Waals surface area contributed by atoms with Crippen molar-refractivity contribution in [2.75, 3.05) is 20.3 Å². The molecule has 2 saturated heterocycles. The first kappa shape index (κ1) is 28.6. The van der Waals surface area contributed by atoms with Crippen molar-refractivity contribution in [3.63, 3.8) is 0 Å². The summed E-state index contributed by atoms with van der Waals surface area (Å²) in [6.45, 7) is 2.29. The number of benzene rings is 1. The Morgan fingerprint density at radius 2 is 1.77 bits per heavy atom. The first-order valence-corrected chi connectivity index (χ1v) is 14.2. The Hall–Kier alpha value is -2.92. The van der Waals surface area contributed by atoms with Gasteiger partial charge in [0.25, 0.3) is 5.91 Å². The van der Waals surface area contributed by atoms with Crippen LogP contribution in [0.1, 0.15) is 75.1 Å². The normalized spacial score (nSPS) is 32.1. The van der Waals surface area contributed by atoms with Crippen molar-refractivity contribution in [3.05, 3.63) is 23.5 Å². The van der Waals surface area contributed by atoms with E-state index in [1.807, 2.05) is 0 Å². The molecule has 2 bridgehead atoms. The Bertz CT molecular complexity index is 1150. The maximum atomic E-state index is 14.9. The largest absolute Gasteiger partial charge is 0.496 e. The standard InChI is InChI=1S/C29H39FN2O8/c1-28(8-3-9-28)14-31-26(35)23-19-4-5-20(40-19)24(23)32-25(34)17-12-22(18(30)13-21(17)38-2)39-16-6-10-29(15-33,11-7-16)27(36)37/h12-13,16,19-20,23-24,33H,3-11,14-15H2,1-2H3,(H,31,35)(H,32,34)(H,36,37)/t16?,19-,20+,23+,24-,29?/m1/s1. The number of methoxy groups -OCH3 is 1. The smallest absolute Gasteiger partial charge is 0.311 e. The maximum absolute atomic E-state index is 14.9. The van der Waals surface area contributed by atoms with Gasteiger partial charge in [-0.25, -0.2) is 4.39 Å². The van der Waals surface area contributed by atoms with Crippen molar-refractivity contribution in [3.8, 4) is 11.5 Å². The summed E-state index contributed by atoms with van der Waals surface area (Å²) in [5.41, 5.74) is -1.03. The van der Waals surface area contributed by atoms with Gasteiger partial charge in [0.15, 0.2) is 11.6 Å². The minimum absolute atomic E-state index is 0.0270. The fourth-order valence-corrected chi connectivity index (χ4v) is 6.65. The van der Waals surface area contributed by atoms with Crippen LogP contribution in [0.4, 0.5) is 4.39 Å². The van der Waals surface area contributed by atoms with Crippen molar-refractivity contribution in [2.24, 2.45) is 16.7 Å². The van der Waals surface area contributed by atoms with Gasteiger partial charge in [0.05, 0.1) is 55.0 Å². The number of aliphatic hydroxyl groups excluding tert-OH is 1. The van der Waals surface area contributed by atoms with Crippen LogP contribution in [0.25, 0.3) is 0 Å². The van der Waals surface area contributed by atoms with E-state index < -0.39 is 47.8 Å². The molecule has 2 aliphatic carbocycles. The molecule has 2 aliphatic heterocycles. The zero-order valence-corrected chi connectivity index (χ0v) is 23.0. The highest BCUT2D eigenvalue weighted by Gasteiger charge is 2.53. The number of carbonyl (C=O) groups is 3. The van der Waals surface area contributed by atoms with Crippen LogP contribution in [-0.4, -0.2) is 72.6 Å². The van der Waals surface area contributed by atoms with Crippen LogP contribution in [0, 0.1) is 22.6 Å². The van der Waals surface area contributed by atoms with Crippen molar-refractivity contribution in [2.45, 2.75) is 89.1 Å². The van der Waals surface area contributed by atoms with Gasteiger partial charge in [-0.3, -0.25) is 14.4 Å². The van der Waals surface area contributed by atoms with E-state index in [2.05, 4.69) is 17.6 Å². The maximum Gasteiger partial charge on any atom is 0.311 e. The Morgan fingerprint density at radius 1 is 1.07 bits per heavy atom. The van der Waals surface area contributed by atoms with Gasteiger partial charge in [0, 0.05) is 12.6 Å². The minimum atomic E-state index is -1.22. The molecule has 0 radical (unpaired) electrons. The topological polar surface area (TPSA) is 143 Å². The molecular weight excluding hydrogens is 523 g/mol. The van der Waals surface area contributed by atoms with Crippen molar-refractivity contribution < 1.29 is 43.2 Å². The summed E-state index contributed by atoms with van der Waals surface area (Å²) in [6.07, 6.45) is 4.83. The lowest BCUT2D eigenvalue weighted by molar-refractivity contribution is -0.155. The zero-order chi connectivity index (χ0) is 28.7. The summed E-state index contributed by atoms with van der Waals surface area (Å²) in [5, 5.41) is 25.1. The van der Waals surface area contributed by atoms with Gasteiger partial charge in [-0.2, -0.15) is 0 Å². The van der Waals surface area contributed by atoms with Gasteiger partial charge in [-0.05, 0) is 62.8 Å². The second-order valence-corrected chi connectivity index (χ2v) is 12.2. The molecular formula is C29H39FN2O8. The number of hydrogen-bond acceptors (Lipinski definition) is 7. The molecule has 4 aliphatic rings. The lowest BCUT2D eigenvalue weighted by atomic mass is 9.70. The summed E-state index contributed by atoms with van der Waals surface area (Å²) < 4.78 is 32.1. The number of aliphatic carboxylic acids is 1. The molecule has 40 heavy (non-hydrogen) atoms. The van der Waals surface area contributed by atoms with E-state index in [-0.39, 0.29) is 53.4 Å². The van der Waals surface area contributed by atoms with E-state index in [0.717, 1.165) is 31.7 Å². The van der Waals surface area contributed by atoms with Crippen LogP contribution in [0.15, 0.2) is 12.1 Å². The molecule has 0 spiro atoms. The number of carbonyl (C=O) groups excluding carboxylic acids is 2. The van der Waals surface area contributed by atoms with Crippen LogP contribution in [0.2, 0.25) is 0 Å². The summed E-state index contributed by atoms with van der Waals surface area (Å²) >= 11 is 0. The predicted octanol–water partition coefficient (Wildman–Crippen LogP) is 2.80. The summed E-state index contributed by atoms with van der Waals surface area (Å²) in [6, 6.07) is 1.85. The van der Waals surface area contributed by atoms with Crippen LogP contribution in [0.5, 0.6) is 11.5 Å². The zero-order valence-electron chi connectivity index (χ0n) is 23.0. The third-order valence-electron chi connectivity index (χ3n) is 9.56. The molecule has 4 atom stereocenters. The Balaban J connectivity index is 1.28. The lowest BCUT2D eigenvalue weighted by Gasteiger charge is -2.39. The number of nitrogens with one attached hydrogen (secondary N) is 2. The molecule has 0 unspecified atom stereocenters. The van der Waals surface area contributed by atoms with Crippen LogP contribution in [0.3, 0.4) is 0 Å². The second-order valence-electron chi connectivity index (χ2n) is 12.2. The molecule has 4 N–H and O–H groups in total. The highest BCUT2D eigenvalue weighted by atomic mass is 19.1. The second kappa shape index (κ2) is 11.2. The number of halogens is 1. The molecule has 1 aromatic rings.